The van der Waals surface area contributed by atoms with Gasteiger partial charge in [0.05, 0.1) is 31.1 Å². The Kier molecular flexibility index (Phi) is 7.23. The number of aliphatic imine (C=N–C) groups is 2. The first kappa shape index (κ1) is 28.2. The van der Waals surface area contributed by atoms with Crippen LogP contribution in [-0.4, -0.2) is 49.1 Å². The van der Waals surface area contributed by atoms with Crippen LogP contribution >= 0.6 is 0 Å². The molecule has 6 aliphatic carbocycles. The Bertz CT molecular complexity index is 1790. The third-order valence-electron chi connectivity index (χ3n) is 10.4. The summed E-state index contributed by atoms with van der Waals surface area (Å²) >= 11 is 0. The van der Waals surface area contributed by atoms with Crippen molar-refractivity contribution in [2.24, 2.45) is 33.7 Å². The van der Waals surface area contributed by atoms with E-state index in [0.29, 0.717) is 24.0 Å². The van der Waals surface area contributed by atoms with Crippen LogP contribution in [0.15, 0.2) is 159 Å². The second kappa shape index (κ2) is 11.6. The molecule has 7 unspecified atom stereocenters. The van der Waals surface area contributed by atoms with Crippen molar-refractivity contribution in [1.29, 1.82) is 0 Å². The summed E-state index contributed by atoms with van der Waals surface area (Å²) in [7, 11) is 3.45. The number of rotatable bonds is 6. The van der Waals surface area contributed by atoms with Crippen molar-refractivity contribution in [2.45, 2.75) is 37.5 Å². The van der Waals surface area contributed by atoms with Crippen molar-refractivity contribution in [2.75, 3.05) is 14.2 Å². The minimum Gasteiger partial charge on any atom is -0.497 e. The summed E-state index contributed by atoms with van der Waals surface area (Å²) in [5.74, 6) is 2.15. The highest BCUT2D eigenvalue weighted by atomic mass is 16.5. The minimum absolute atomic E-state index is 0.0933. The maximum Gasteiger partial charge on any atom is 0.155 e. The molecule has 8 rings (SSSR count). The number of amidine groups is 1. The summed E-state index contributed by atoms with van der Waals surface area (Å²) < 4.78 is 11.3. The van der Waals surface area contributed by atoms with E-state index in [1.807, 2.05) is 25.3 Å². The van der Waals surface area contributed by atoms with Gasteiger partial charge in [0, 0.05) is 42.8 Å². The monoisotopic (exact) mass is 594 g/mol. The molecule has 0 amide bonds. The molecule has 45 heavy (non-hydrogen) atoms. The van der Waals surface area contributed by atoms with Gasteiger partial charge in [-0.05, 0) is 52.8 Å². The van der Waals surface area contributed by atoms with Crippen molar-refractivity contribution in [1.82, 2.24) is 0 Å². The Balaban J connectivity index is 1.18. The van der Waals surface area contributed by atoms with Crippen LogP contribution in [0.4, 0.5) is 0 Å². The van der Waals surface area contributed by atoms with Gasteiger partial charge in [-0.3, -0.25) is 4.99 Å². The number of hydrogen-bond donors (Lipinski definition) is 1. The lowest BCUT2D eigenvalue weighted by molar-refractivity contribution is 0.133. The van der Waals surface area contributed by atoms with Crippen LogP contribution < -0.4 is 0 Å². The largest absolute Gasteiger partial charge is 0.497 e. The molecule has 0 saturated heterocycles. The molecule has 1 aromatic rings. The molecule has 0 spiro atoms. The first-order chi connectivity index (χ1) is 22.1. The van der Waals surface area contributed by atoms with E-state index in [9.17, 15) is 5.11 Å². The molecule has 0 saturated carbocycles. The molecule has 0 bridgehead atoms. The first-order valence-corrected chi connectivity index (χ1v) is 16.1. The normalized spacial score (nSPS) is 32.9. The average molecular weight is 595 g/mol. The maximum absolute atomic E-state index is 11.1. The lowest BCUT2D eigenvalue weighted by atomic mass is 9.57. The fraction of sp³-hybridized carbons (Fsp3) is 0.300. The molecule has 0 aromatic heterocycles. The highest BCUT2D eigenvalue weighted by Crippen LogP contribution is 2.55. The van der Waals surface area contributed by atoms with Crippen molar-refractivity contribution < 1.29 is 14.6 Å². The Labute approximate surface area is 265 Å². The van der Waals surface area contributed by atoms with Gasteiger partial charge in [-0.2, -0.15) is 0 Å². The topological polar surface area (TPSA) is 63.4 Å². The lowest BCUT2D eigenvalue weighted by Crippen LogP contribution is -2.39. The molecule has 5 nitrogen and oxygen atoms in total. The van der Waals surface area contributed by atoms with E-state index >= 15 is 0 Å². The van der Waals surface area contributed by atoms with E-state index in [4.69, 9.17) is 19.5 Å². The van der Waals surface area contributed by atoms with Crippen molar-refractivity contribution in [3.63, 3.8) is 0 Å². The maximum atomic E-state index is 11.1. The van der Waals surface area contributed by atoms with Crippen LogP contribution in [0.1, 0.15) is 24.8 Å². The van der Waals surface area contributed by atoms with Gasteiger partial charge in [0.25, 0.3) is 0 Å². The molecule has 1 heterocycles. The van der Waals surface area contributed by atoms with Gasteiger partial charge in [-0.15, -0.1) is 0 Å². The number of nitrogens with zero attached hydrogens (tertiary/aromatic N) is 2. The van der Waals surface area contributed by atoms with Crippen molar-refractivity contribution >= 4 is 11.5 Å². The number of ether oxygens (including phenoxy) is 2. The third-order valence-corrected chi connectivity index (χ3v) is 10.4. The van der Waals surface area contributed by atoms with E-state index < -0.39 is 6.10 Å². The van der Waals surface area contributed by atoms with Gasteiger partial charge in [0.15, 0.2) is 5.84 Å². The van der Waals surface area contributed by atoms with Crippen molar-refractivity contribution in [3.8, 4) is 0 Å². The highest BCUT2D eigenvalue weighted by Gasteiger charge is 2.45. The fourth-order valence-electron chi connectivity index (χ4n) is 8.18. The molecule has 1 aromatic carbocycles. The Morgan fingerprint density at radius 3 is 2.62 bits per heavy atom. The summed E-state index contributed by atoms with van der Waals surface area (Å²) in [6.07, 6.45) is 30.7. The zero-order valence-electron chi connectivity index (χ0n) is 25.7. The zero-order valence-corrected chi connectivity index (χ0v) is 25.7. The van der Waals surface area contributed by atoms with Crippen LogP contribution in [-0.2, 0) is 9.47 Å². The van der Waals surface area contributed by atoms with Crippen LogP contribution in [0.3, 0.4) is 0 Å². The average Bonchev–Trinajstić information content (AvgIpc) is 3.10. The number of hydrogen-bond acceptors (Lipinski definition) is 5. The lowest BCUT2D eigenvalue weighted by Gasteiger charge is -2.47. The summed E-state index contributed by atoms with van der Waals surface area (Å²) in [6.45, 7) is 0. The molecule has 0 fully saturated rings. The molecule has 1 N–H and O–H groups in total. The summed E-state index contributed by atoms with van der Waals surface area (Å²) in [5.41, 5.74) is 10.0. The Morgan fingerprint density at radius 2 is 1.80 bits per heavy atom. The summed E-state index contributed by atoms with van der Waals surface area (Å²) in [6, 6.07) is 10.2. The number of methoxy groups -OCH3 is 2. The molecule has 0 radical (unpaired) electrons. The molecule has 7 aliphatic rings. The number of allylic oxidation sites excluding steroid dienone is 12. The molecule has 7 atom stereocenters. The van der Waals surface area contributed by atoms with E-state index in [2.05, 4.69) is 85.0 Å². The SMILES string of the molecule is COC1=CC(O)C(C2CC(c3ccccc3)=NC(C3=CC=C4C=CC5C(C6=CC=CCC6OC)=CCC6=CC=C3C4C65)=N2)C=C1. The van der Waals surface area contributed by atoms with Gasteiger partial charge < -0.3 is 14.6 Å². The molecule has 5 heteroatoms. The number of aliphatic hydroxyl groups excluding tert-OH is 1. The second-order valence-electron chi connectivity index (χ2n) is 12.7. The molecule has 226 valence electrons. The fourth-order valence-corrected chi connectivity index (χ4v) is 8.18. The molecular weight excluding hydrogens is 556 g/mol. The highest BCUT2D eigenvalue weighted by molar-refractivity contribution is 6.15. The predicted molar refractivity (Wildman–Crippen MR) is 180 cm³/mol. The van der Waals surface area contributed by atoms with Crippen LogP contribution in [0.2, 0.25) is 0 Å². The van der Waals surface area contributed by atoms with E-state index in [-0.39, 0.29) is 24.0 Å². The minimum atomic E-state index is -0.683. The van der Waals surface area contributed by atoms with Crippen LogP contribution in [0, 0.1) is 23.7 Å². The standard InChI is InChI=1S/C40H38N2O3/c1-44-27-16-21-33(36(43)22-27)35-23-34(24-8-4-3-5-9-24)41-40(42-35)32-20-15-26-13-18-30-28(29-10-6-7-11-37(29)45-2)17-12-25-14-19-31(32)39(26)38(25)30/h3-10,13-22,30,33,35-39,43H,11-12,23H2,1-2H3. The summed E-state index contributed by atoms with van der Waals surface area (Å²) in [5, 5.41) is 11.1. The van der Waals surface area contributed by atoms with Gasteiger partial charge >= 0.3 is 0 Å². The van der Waals surface area contributed by atoms with Crippen LogP contribution in [0.5, 0.6) is 0 Å². The zero-order chi connectivity index (χ0) is 30.5. The van der Waals surface area contributed by atoms with Crippen molar-refractivity contribution in [3.05, 3.63) is 154 Å². The van der Waals surface area contributed by atoms with Gasteiger partial charge in [0.1, 0.15) is 5.76 Å². The Hall–Kier alpha value is -4.32. The smallest absolute Gasteiger partial charge is 0.155 e. The van der Waals surface area contributed by atoms with Gasteiger partial charge in [-0.1, -0.05) is 103 Å². The van der Waals surface area contributed by atoms with Gasteiger partial charge in [0.2, 0.25) is 0 Å². The Morgan fingerprint density at radius 1 is 0.911 bits per heavy atom. The first-order valence-electron chi connectivity index (χ1n) is 16.1. The molecular formula is C40H38N2O3. The van der Waals surface area contributed by atoms with Crippen LogP contribution in [0.25, 0.3) is 0 Å². The number of aliphatic hydroxyl groups is 1. The predicted octanol–water partition coefficient (Wildman–Crippen LogP) is 7.11. The van der Waals surface area contributed by atoms with E-state index in [1.165, 1.54) is 27.9 Å². The van der Waals surface area contributed by atoms with E-state index in [0.717, 1.165) is 35.5 Å². The third kappa shape index (κ3) is 4.86. The second-order valence-corrected chi connectivity index (χ2v) is 12.7. The van der Waals surface area contributed by atoms with E-state index in [1.54, 1.807) is 13.2 Å². The van der Waals surface area contributed by atoms with Gasteiger partial charge in [-0.25, -0.2) is 4.99 Å². The summed E-state index contributed by atoms with van der Waals surface area (Å²) in [4.78, 5) is 10.5. The quantitative estimate of drug-likeness (QED) is 0.382. The number of benzene rings is 1. The molecule has 1 aliphatic heterocycles.